The number of hydrogen-bond donors (Lipinski definition) is 0. The standard InChI is InChI=1S/C29H22N2O7/c1-2-25-28-16-8-13-26(32)29(28,38-28)22-17-21(36-18-19-9-6-7-12-23(19)31(34)35)14-15-24(22)30(25)27(33)37-20-10-4-3-5-11-20/h1,3-7,9-12,14-15,17,25H,8,13,16,18H2. The number of rotatable bonds is 5. The fourth-order valence-corrected chi connectivity index (χ4v) is 5.74. The van der Waals surface area contributed by atoms with Crippen LogP contribution >= 0.6 is 0 Å². The normalized spacial score (nSPS) is 24.8. The number of hydrogen-bond acceptors (Lipinski definition) is 7. The minimum Gasteiger partial charge on any atom is -0.489 e. The first-order valence-corrected chi connectivity index (χ1v) is 12.2. The third-order valence-electron chi connectivity index (χ3n) is 7.43. The van der Waals surface area contributed by atoms with Crippen molar-refractivity contribution in [3.63, 3.8) is 0 Å². The average molecular weight is 511 g/mol. The van der Waals surface area contributed by atoms with Crippen molar-refractivity contribution in [3.8, 4) is 23.8 Å². The number of nitro groups is 1. The molecule has 2 aliphatic heterocycles. The van der Waals surface area contributed by atoms with Crippen molar-refractivity contribution < 1.29 is 28.7 Å². The van der Waals surface area contributed by atoms with Crippen LogP contribution in [-0.4, -0.2) is 28.4 Å². The molecule has 190 valence electrons. The summed E-state index contributed by atoms with van der Waals surface area (Å²) in [5.41, 5.74) is -1.12. The lowest BCUT2D eigenvalue weighted by molar-refractivity contribution is -0.385. The van der Waals surface area contributed by atoms with E-state index in [1.165, 1.54) is 11.0 Å². The van der Waals surface area contributed by atoms with Gasteiger partial charge < -0.3 is 14.2 Å². The molecule has 0 bridgehead atoms. The number of epoxide rings is 1. The Labute approximate surface area is 218 Å². The number of benzene rings is 3. The van der Waals surface area contributed by atoms with Gasteiger partial charge in [-0.1, -0.05) is 36.3 Å². The van der Waals surface area contributed by atoms with Gasteiger partial charge in [-0.25, -0.2) is 4.79 Å². The highest BCUT2D eigenvalue weighted by Crippen LogP contribution is 2.69. The van der Waals surface area contributed by atoms with Crippen LogP contribution in [0.25, 0.3) is 0 Å². The summed E-state index contributed by atoms with van der Waals surface area (Å²) in [6, 6.07) is 19.0. The number of nitrogens with zero attached hydrogens (tertiary/aromatic N) is 2. The van der Waals surface area contributed by atoms with E-state index in [4.69, 9.17) is 20.6 Å². The molecule has 3 aromatic carbocycles. The van der Waals surface area contributed by atoms with Crippen molar-refractivity contribution in [2.45, 2.75) is 43.1 Å². The molecule has 2 fully saturated rings. The van der Waals surface area contributed by atoms with Gasteiger partial charge in [-0.3, -0.25) is 19.8 Å². The molecule has 0 spiro atoms. The van der Waals surface area contributed by atoms with Gasteiger partial charge in [0.25, 0.3) is 5.69 Å². The molecule has 9 heteroatoms. The first-order chi connectivity index (χ1) is 18.4. The minimum absolute atomic E-state index is 0.0530. The van der Waals surface area contributed by atoms with E-state index in [1.54, 1.807) is 60.7 Å². The van der Waals surface area contributed by atoms with E-state index in [-0.39, 0.29) is 18.1 Å². The molecule has 0 N–H and O–H groups in total. The zero-order chi connectivity index (χ0) is 26.5. The molecule has 3 aliphatic rings. The van der Waals surface area contributed by atoms with E-state index >= 15 is 0 Å². The maximum Gasteiger partial charge on any atom is 0.420 e. The minimum atomic E-state index is -1.28. The lowest BCUT2D eigenvalue weighted by Crippen LogP contribution is -2.58. The van der Waals surface area contributed by atoms with E-state index in [2.05, 4.69) is 5.92 Å². The van der Waals surface area contributed by atoms with Crippen LogP contribution in [0.15, 0.2) is 72.8 Å². The van der Waals surface area contributed by atoms with Gasteiger partial charge in [0.1, 0.15) is 29.7 Å². The van der Waals surface area contributed by atoms with Crippen LogP contribution in [-0.2, 0) is 21.7 Å². The number of para-hydroxylation sites is 2. The van der Waals surface area contributed by atoms with Crippen molar-refractivity contribution in [1.82, 2.24) is 0 Å². The second-order valence-electron chi connectivity index (χ2n) is 9.42. The molecular formula is C29H22N2O7. The zero-order valence-corrected chi connectivity index (χ0v) is 20.2. The Morgan fingerprint density at radius 2 is 1.89 bits per heavy atom. The second-order valence-corrected chi connectivity index (χ2v) is 9.42. The average Bonchev–Trinajstić information content (AvgIpc) is 3.65. The van der Waals surface area contributed by atoms with Crippen LogP contribution in [0, 0.1) is 22.5 Å². The fourth-order valence-electron chi connectivity index (χ4n) is 5.74. The highest BCUT2D eigenvalue weighted by Gasteiger charge is 2.82. The van der Waals surface area contributed by atoms with E-state index < -0.39 is 28.3 Å². The molecule has 38 heavy (non-hydrogen) atoms. The maximum absolute atomic E-state index is 13.5. The summed E-state index contributed by atoms with van der Waals surface area (Å²) >= 11 is 0. The van der Waals surface area contributed by atoms with E-state index in [9.17, 15) is 19.7 Å². The summed E-state index contributed by atoms with van der Waals surface area (Å²) in [6.07, 6.45) is 6.68. The third kappa shape index (κ3) is 3.38. The van der Waals surface area contributed by atoms with Gasteiger partial charge in [0.2, 0.25) is 0 Å². The van der Waals surface area contributed by atoms with Crippen LogP contribution in [0.4, 0.5) is 16.2 Å². The Hall–Kier alpha value is -4.68. The summed E-state index contributed by atoms with van der Waals surface area (Å²) in [7, 11) is 0. The van der Waals surface area contributed by atoms with Crippen molar-refractivity contribution >= 4 is 23.3 Å². The summed E-state index contributed by atoms with van der Waals surface area (Å²) in [5.74, 6) is 3.31. The Balaban J connectivity index is 1.40. The van der Waals surface area contributed by atoms with Crippen LogP contribution in [0.2, 0.25) is 0 Å². The number of terminal acetylenes is 1. The highest BCUT2D eigenvalue weighted by atomic mass is 16.6. The summed E-state index contributed by atoms with van der Waals surface area (Å²) in [4.78, 5) is 39.1. The van der Waals surface area contributed by atoms with Gasteiger partial charge in [0, 0.05) is 18.1 Å². The molecule has 3 atom stereocenters. The van der Waals surface area contributed by atoms with Gasteiger partial charge in [-0.15, -0.1) is 6.42 Å². The van der Waals surface area contributed by atoms with E-state index in [0.29, 0.717) is 47.6 Å². The molecular weight excluding hydrogens is 488 g/mol. The highest BCUT2D eigenvalue weighted by molar-refractivity contribution is 6.02. The summed E-state index contributed by atoms with van der Waals surface area (Å²) in [5, 5.41) is 11.4. The number of anilines is 1. The van der Waals surface area contributed by atoms with E-state index in [1.807, 2.05) is 6.07 Å². The lowest BCUT2D eigenvalue weighted by atomic mass is 9.68. The fraction of sp³-hybridized carbons (Fsp3) is 0.241. The van der Waals surface area contributed by atoms with Gasteiger partial charge >= 0.3 is 6.09 Å². The second kappa shape index (κ2) is 8.71. The van der Waals surface area contributed by atoms with Crippen LogP contribution in [0.5, 0.6) is 11.5 Å². The topological polar surface area (TPSA) is 112 Å². The Morgan fingerprint density at radius 1 is 1.13 bits per heavy atom. The van der Waals surface area contributed by atoms with Crippen molar-refractivity contribution in [1.29, 1.82) is 0 Å². The van der Waals surface area contributed by atoms with Gasteiger partial charge in [0.15, 0.2) is 11.4 Å². The Morgan fingerprint density at radius 3 is 2.66 bits per heavy atom. The third-order valence-corrected chi connectivity index (χ3v) is 7.43. The van der Waals surface area contributed by atoms with Gasteiger partial charge in [-0.2, -0.15) is 0 Å². The molecule has 1 saturated carbocycles. The predicted octanol–water partition coefficient (Wildman–Crippen LogP) is 4.91. The predicted molar refractivity (Wildman–Crippen MR) is 136 cm³/mol. The van der Waals surface area contributed by atoms with Crippen LogP contribution < -0.4 is 14.4 Å². The Kier molecular flexibility index (Phi) is 5.44. The molecule has 3 unspecified atom stereocenters. The quantitative estimate of drug-likeness (QED) is 0.207. The van der Waals surface area contributed by atoms with Crippen molar-refractivity contribution in [2.75, 3.05) is 4.90 Å². The van der Waals surface area contributed by atoms with Crippen molar-refractivity contribution in [3.05, 3.63) is 94.0 Å². The molecule has 9 nitrogen and oxygen atoms in total. The molecule has 6 rings (SSSR count). The molecule has 3 aromatic rings. The number of Topliss-reactive ketones (excluding diaryl/α,β-unsaturated/α-hetero) is 1. The van der Waals surface area contributed by atoms with E-state index in [0.717, 1.165) is 0 Å². The van der Waals surface area contributed by atoms with Crippen LogP contribution in [0.1, 0.15) is 30.4 Å². The SMILES string of the molecule is C#CC1N(C(=O)Oc2ccccc2)c2ccc(OCc3ccccc3[N+](=O)[O-])cc2C23OC12CCCC3=O. The maximum atomic E-state index is 13.5. The number of nitro benzene ring substituents is 1. The smallest absolute Gasteiger partial charge is 0.420 e. The Bertz CT molecular complexity index is 1510. The molecule has 1 aliphatic carbocycles. The first-order valence-electron chi connectivity index (χ1n) is 12.2. The number of ether oxygens (including phenoxy) is 3. The zero-order valence-electron chi connectivity index (χ0n) is 20.2. The lowest BCUT2D eigenvalue weighted by Gasteiger charge is -2.40. The summed E-state index contributed by atoms with van der Waals surface area (Å²) in [6.45, 7) is -0.0599. The van der Waals surface area contributed by atoms with Crippen LogP contribution in [0.3, 0.4) is 0 Å². The van der Waals surface area contributed by atoms with Gasteiger partial charge in [0.05, 0.1) is 16.2 Å². The molecule has 0 aromatic heterocycles. The number of amides is 1. The molecule has 1 amide bonds. The van der Waals surface area contributed by atoms with Gasteiger partial charge in [-0.05, 0) is 49.2 Å². The molecule has 0 radical (unpaired) electrons. The monoisotopic (exact) mass is 510 g/mol. The number of carbonyl (C=O) groups is 2. The largest absolute Gasteiger partial charge is 0.489 e. The molecule has 1 saturated heterocycles. The summed E-state index contributed by atoms with van der Waals surface area (Å²) < 4.78 is 17.8. The van der Waals surface area contributed by atoms with Crippen molar-refractivity contribution in [2.24, 2.45) is 0 Å². The number of carbonyl (C=O) groups excluding carboxylic acids is 2. The molecule has 2 heterocycles. The number of fused-ring (bicyclic) bond motifs is 1. The number of ketones is 1. The first kappa shape index (κ1) is 23.7.